The molecule has 0 fully saturated rings. The number of aryl methyl sites for hydroxylation is 1. The van der Waals surface area contributed by atoms with E-state index >= 15 is 0 Å². The molecule has 1 aromatic rings. The Morgan fingerprint density at radius 2 is 2.17 bits per heavy atom. The second kappa shape index (κ2) is 6.17. The van der Waals surface area contributed by atoms with E-state index in [1.165, 1.54) is 15.2 Å². The molecule has 8 heteroatoms. The smallest absolute Gasteiger partial charge is 0.248 e. The van der Waals surface area contributed by atoms with Gasteiger partial charge in [-0.2, -0.15) is 9.40 Å². The van der Waals surface area contributed by atoms with E-state index in [4.69, 9.17) is 10.8 Å². The summed E-state index contributed by atoms with van der Waals surface area (Å²) in [6, 6.07) is 0. The molecular formula is C10H20N4O3S. The highest BCUT2D eigenvalue weighted by Gasteiger charge is 2.27. The molecule has 0 atom stereocenters. The second-order valence-corrected chi connectivity index (χ2v) is 5.71. The third kappa shape index (κ3) is 3.01. The number of aliphatic hydroxyl groups excluding tert-OH is 1. The summed E-state index contributed by atoms with van der Waals surface area (Å²) in [4.78, 5) is 0.0316. The van der Waals surface area contributed by atoms with Crippen LogP contribution in [0.4, 0.5) is 5.82 Å². The number of aromatic nitrogens is 2. The summed E-state index contributed by atoms with van der Waals surface area (Å²) in [5, 5.41) is 12.7. The van der Waals surface area contributed by atoms with Gasteiger partial charge in [0.15, 0.2) is 5.82 Å². The van der Waals surface area contributed by atoms with E-state index < -0.39 is 10.0 Å². The summed E-state index contributed by atoms with van der Waals surface area (Å²) in [6.45, 7) is 4.71. The Kier molecular flexibility index (Phi) is 5.12. The molecule has 0 spiro atoms. The molecule has 0 aliphatic carbocycles. The first-order valence-corrected chi connectivity index (χ1v) is 7.35. The number of nitrogen functional groups attached to an aromatic ring is 1. The fraction of sp³-hybridized carbons (Fsp3) is 0.700. The van der Waals surface area contributed by atoms with Gasteiger partial charge in [-0.3, -0.25) is 4.68 Å². The first-order valence-electron chi connectivity index (χ1n) is 5.91. The number of nitrogens with zero attached hydrogens (tertiary/aromatic N) is 3. The number of rotatable bonds is 7. The molecule has 0 saturated heterocycles. The van der Waals surface area contributed by atoms with Crippen LogP contribution in [0.1, 0.15) is 20.3 Å². The van der Waals surface area contributed by atoms with Gasteiger partial charge in [0.1, 0.15) is 4.90 Å². The van der Waals surface area contributed by atoms with E-state index in [0.29, 0.717) is 19.5 Å². The standard InChI is InChI=1S/C10H20N4O3S/c1-3-13-8-9(10(11)12-13)18(16,17)14(4-2)6-5-7-15/h8,15H,3-7H2,1-2H3,(H2,11,12). The average Bonchev–Trinajstić information content (AvgIpc) is 2.72. The number of hydrogen-bond donors (Lipinski definition) is 2. The summed E-state index contributed by atoms with van der Waals surface area (Å²) >= 11 is 0. The first kappa shape index (κ1) is 14.9. The van der Waals surface area contributed by atoms with Crippen LogP contribution < -0.4 is 5.73 Å². The van der Waals surface area contributed by atoms with Crippen LogP contribution in [0.2, 0.25) is 0 Å². The van der Waals surface area contributed by atoms with Crippen molar-refractivity contribution in [2.75, 3.05) is 25.4 Å². The SMILES string of the molecule is CCN(CCCO)S(=O)(=O)c1cn(CC)nc1N. The summed E-state index contributed by atoms with van der Waals surface area (Å²) < 4.78 is 27.4. The Balaban J connectivity index is 3.06. The molecule has 0 aliphatic rings. The van der Waals surface area contributed by atoms with E-state index in [1.54, 1.807) is 6.92 Å². The molecule has 0 saturated carbocycles. The van der Waals surface area contributed by atoms with Crippen molar-refractivity contribution in [3.63, 3.8) is 0 Å². The Labute approximate surface area is 107 Å². The molecule has 7 nitrogen and oxygen atoms in total. The first-order chi connectivity index (χ1) is 8.47. The van der Waals surface area contributed by atoms with Gasteiger partial charge in [0.05, 0.1) is 0 Å². The maximum Gasteiger partial charge on any atom is 0.248 e. The van der Waals surface area contributed by atoms with Gasteiger partial charge < -0.3 is 10.8 Å². The van der Waals surface area contributed by atoms with Crippen LogP contribution in [-0.4, -0.2) is 47.3 Å². The molecule has 0 amide bonds. The van der Waals surface area contributed by atoms with Crippen molar-refractivity contribution in [2.45, 2.75) is 31.7 Å². The zero-order valence-corrected chi connectivity index (χ0v) is 11.5. The van der Waals surface area contributed by atoms with Crippen LogP contribution >= 0.6 is 0 Å². The van der Waals surface area contributed by atoms with Crippen molar-refractivity contribution in [3.8, 4) is 0 Å². The van der Waals surface area contributed by atoms with Crippen molar-refractivity contribution in [3.05, 3.63) is 6.20 Å². The molecule has 1 aromatic heterocycles. The summed E-state index contributed by atoms with van der Waals surface area (Å²) in [5.41, 5.74) is 5.64. The van der Waals surface area contributed by atoms with Crippen molar-refractivity contribution < 1.29 is 13.5 Å². The molecule has 1 heterocycles. The lowest BCUT2D eigenvalue weighted by Gasteiger charge is -2.19. The highest BCUT2D eigenvalue weighted by molar-refractivity contribution is 7.89. The Morgan fingerprint density at radius 1 is 1.50 bits per heavy atom. The zero-order chi connectivity index (χ0) is 13.8. The molecule has 0 unspecified atom stereocenters. The number of anilines is 1. The van der Waals surface area contributed by atoms with Crippen LogP contribution in [0.5, 0.6) is 0 Å². The van der Waals surface area contributed by atoms with Crippen LogP contribution in [0.3, 0.4) is 0 Å². The quantitative estimate of drug-likeness (QED) is 0.723. The van der Waals surface area contributed by atoms with Gasteiger partial charge in [-0.15, -0.1) is 0 Å². The molecule has 1 rings (SSSR count). The average molecular weight is 276 g/mol. The third-order valence-electron chi connectivity index (χ3n) is 2.62. The van der Waals surface area contributed by atoms with Crippen molar-refractivity contribution in [1.29, 1.82) is 0 Å². The Bertz CT molecular complexity index is 483. The van der Waals surface area contributed by atoms with Crippen LogP contribution in [-0.2, 0) is 16.6 Å². The normalized spacial score (nSPS) is 12.2. The lowest BCUT2D eigenvalue weighted by atomic mass is 10.4. The predicted octanol–water partition coefficient (Wildman–Crippen LogP) is -0.122. The van der Waals surface area contributed by atoms with E-state index in [0.717, 1.165) is 0 Å². The second-order valence-electron chi connectivity index (χ2n) is 3.81. The van der Waals surface area contributed by atoms with E-state index in [1.807, 2.05) is 6.92 Å². The van der Waals surface area contributed by atoms with E-state index in [9.17, 15) is 8.42 Å². The largest absolute Gasteiger partial charge is 0.396 e. The van der Waals surface area contributed by atoms with Crippen molar-refractivity contribution >= 4 is 15.8 Å². The maximum absolute atomic E-state index is 12.3. The fourth-order valence-electron chi connectivity index (χ4n) is 1.61. The number of sulfonamides is 1. The minimum absolute atomic E-state index is 0.0132. The lowest BCUT2D eigenvalue weighted by molar-refractivity contribution is 0.271. The summed E-state index contributed by atoms with van der Waals surface area (Å²) in [5.74, 6) is 0.0132. The fourth-order valence-corrected chi connectivity index (χ4v) is 3.16. The molecule has 0 radical (unpaired) electrons. The minimum atomic E-state index is -3.63. The number of aliphatic hydroxyl groups is 1. The van der Waals surface area contributed by atoms with Gasteiger partial charge in [0, 0.05) is 32.4 Å². The Morgan fingerprint density at radius 3 is 2.61 bits per heavy atom. The maximum atomic E-state index is 12.3. The van der Waals surface area contributed by atoms with Crippen LogP contribution in [0.25, 0.3) is 0 Å². The topological polar surface area (TPSA) is 101 Å². The van der Waals surface area contributed by atoms with Gasteiger partial charge in [-0.05, 0) is 13.3 Å². The summed E-state index contributed by atoms with van der Waals surface area (Å²) in [6.07, 6.45) is 1.83. The highest BCUT2D eigenvalue weighted by atomic mass is 32.2. The highest BCUT2D eigenvalue weighted by Crippen LogP contribution is 2.21. The molecule has 104 valence electrons. The van der Waals surface area contributed by atoms with E-state index in [2.05, 4.69) is 5.10 Å². The van der Waals surface area contributed by atoms with Gasteiger partial charge in [-0.1, -0.05) is 6.92 Å². The minimum Gasteiger partial charge on any atom is -0.396 e. The van der Waals surface area contributed by atoms with Crippen molar-refractivity contribution in [2.24, 2.45) is 0 Å². The van der Waals surface area contributed by atoms with Crippen LogP contribution in [0.15, 0.2) is 11.1 Å². The number of nitrogens with two attached hydrogens (primary N) is 1. The molecule has 0 bridgehead atoms. The Hall–Kier alpha value is -1.12. The van der Waals surface area contributed by atoms with Gasteiger partial charge >= 0.3 is 0 Å². The van der Waals surface area contributed by atoms with Gasteiger partial charge in [-0.25, -0.2) is 8.42 Å². The predicted molar refractivity (Wildman–Crippen MR) is 68.4 cm³/mol. The van der Waals surface area contributed by atoms with Gasteiger partial charge in [0.25, 0.3) is 0 Å². The summed E-state index contributed by atoms with van der Waals surface area (Å²) in [7, 11) is -3.63. The third-order valence-corrected chi connectivity index (χ3v) is 4.61. The number of hydrogen-bond acceptors (Lipinski definition) is 5. The van der Waals surface area contributed by atoms with Crippen LogP contribution in [0, 0.1) is 0 Å². The van der Waals surface area contributed by atoms with Crippen molar-refractivity contribution in [1.82, 2.24) is 14.1 Å². The zero-order valence-electron chi connectivity index (χ0n) is 10.7. The monoisotopic (exact) mass is 276 g/mol. The molecule has 0 aliphatic heterocycles. The molecule has 3 N–H and O–H groups in total. The molecule has 0 aromatic carbocycles. The van der Waals surface area contributed by atoms with E-state index in [-0.39, 0.29) is 23.9 Å². The van der Waals surface area contributed by atoms with Gasteiger partial charge in [0.2, 0.25) is 10.0 Å². The molecular weight excluding hydrogens is 256 g/mol. The lowest BCUT2D eigenvalue weighted by Crippen LogP contribution is -2.32. The molecule has 18 heavy (non-hydrogen) atoms.